The molecular weight excluding hydrogens is 336 g/mol. The molecule has 2 N–H and O–H groups in total. The molecule has 0 fully saturated rings. The van der Waals surface area contributed by atoms with Crippen LogP contribution in [0.4, 0.5) is 0 Å². The first-order valence-corrected chi connectivity index (χ1v) is 7.72. The van der Waals surface area contributed by atoms with E-state index in [0.717, 1.165) is 5.56 Å². The Balaban J connectivity index is 1.96. The zero-order chi connectivity index (χ0) is 18.9. The van der Waals surface area contributed by atoms with Crippen LogP contribution in [0.1, 0.15) is 15.9 Å². The summed E-state index contributed by atoms with van der Waals surface area (Å²) in [6, 6.07) is 12.0. The van der Waals surface area contributed by atoms with E-state index in [9.17, 15) is 9.59 Å². The van der Waals surface area contributed by atoms with E-state index in [2.05, 4.69) is 10.9 Å². The molecule has 0 unspecified atom stereocenters. The zero-order valence-electron chi connectivity index (χ0n) is 14.7. The first-order valence-electron chi connectivity index (χ1n) is 7.72. The van der Waals surface area contributed by atoms with E-state index in [1.54, 1.807) is 55.7 Å². The van der Waals surface area contributed by atoms with E-state index in [0.29, 0.717) is 22.8 Å². The molecule has 7 heteroatoms. The second-order valence-corrected chi connectivity index (χ2v) is 5.09. The number of hydrogen-bond donors (Lipinski definition) is 2. The Kier molecular flexibility index (Phi) is 6.61. The van der Waals surface area contributed by atoms with E-state index in [4.69, 9.17) is 14.2 Å². The van der Waals surface area contributed by atoms with Crippen molar-refractivity contribution in [1.29, 1.82) is 0 Å². The summed E-state index contributed by atoms with van der Waals surface area (Å²) in [7, 11) is 4.55. The summed E-state index contributed by atoms with van der Waals surface area (Å²) < 4.78 is 15.5. The van der Waals surface area contributed by atoms with Crippen molar-refractivity contribution in [2.75, 3.05) is 21.3 Å². The standard InChI is InChI=1S/C19H20N2O5/c1-24-15-7-5-4-6-14(15)19(23)21-20-18(22)11-9-13-8-10-16(25-2)17(12-13)26-3/h4-12H,1-3H3,(H,20,22)(H,21,23)/b11-9+. The molecule has 136 valence electrons. The van der Waals surface area contributed by atoms with Crippen LogP contribution in [0, 0.1) is 0 Å². The Labute approximate surface area is 151 Å². The summed E-state index contributed by atoms with van der Waals surface area (Å²) in [5.41, 5.74) is 5.72. The molecule has 0 saturated heterocycles. The second-order valence-electron chi connectivity index (χ2n) is 5.09. The third-order valence-corrected chi connectivity index (χ3v) is 3.49. The van der Waals surface area contributed by atoms with Crippen LogP contribution in [0.25, 0.3) is 6.08 Å². The quantitative estimate of drug-likeness (QED) is 0.612. The van der Waals surface area contributed by atoms with Crippen LogP contribution >= 0.6 is 0 Å². The number of benzene rings is 2. The van der Waals surface area contributed by atoms with E-state index >= 15 is 0 Å². The highest BCUT2D eigenvalue weighted by atomic mass is 16.5. The van der Waals surface area contributed by atoms with Gasteiger partial charge in [-0.2, -0.15) is 0 Å². The molecule has 2 aromatic rings. The molecule has 26 heavy (non-hydrogen) atoms. The van der Waals surface area contributed by atoms with Gasteiger partial charge < -0.3 is 14.2 Å². The fourth-order valence-corrected chi connectivity index (χ4v) is 2.19. The van der Waals surface area contributed by atoms with Gasteiger partial charge in [-0.25, -0.2) is 0 Å². The van der Waals surface area contributed by atoms with Gasteiger partial charge in [-0.15, -0.1) is 0 Å². The van der Waals surface area contributed by atoms with Gasteiger partial charge in [0.25, 0.3) is 11.8 Å². The summed E-state index contributed by atoms with van der Waals surface area (Å²) in [6.07, 6.45) is 2.89. The molecule has 2 rings (SSSR count). The van der Waals surface area contributed by atoms with Gasteiger partial charge >= 0.3 is 0 Å². The average molecular weight is 356 g/mol. The molecule has 0 aliphatic heterocycles. The van der Waals surface area contributed by atoms with Crippen molar-refractivity contribution in [3.8, 4) is 17.2 Å². The molecule has 0 saturated carbocycles. The summed E-state index contributed by atoms with van der Waals surface area (Å²) >= 11 is 0. The Morgan fingerprint density at radius 2 is 1.54 bits per heavy atom. The van der Waals surface area contributed by atoms with Crippen molar-refractivity contribution < 1.29 is 23.8 Å². The lowest BCUT2D eigenvalue weighted by atomic mass is 10.2. The monoisotopic (exact) mass is 356 g/mol. The van der Waals surface area contributed by atoms with Crippen LogP contribution in [-0.4, -0.2) is 33.1 Å². The summed E-state index contributed by atoms with van der Waals surface area (Å²) in [5.74, 6) is 0.608. The van der Waals surface area contributed by atoms with Crippen molar-refractivity contribution in [1.82, 2.24) is 10.9 Å². The largest absolute Gasteiger partial charge is 0.496 e. The van der Waals surface area contributed by atoms with Crippen molar-refractivity contribution in [3.63, 3.8) is 0 Å². The number of rotatable bonds is 6. The van der Waals surface area contributed by atoms with Crippen molar-refractivity contribution in [2.24, 2.45) is 0 Å². The number of para-hydroxylation sites is 1. The molecule has 0 aliphatic carbocycles. The fourth-order valence-electron chi connectivity index (χ4n) is 2.19. The average Bonchev–Trinajstić information content (AvgIpc) is 2.69. The van der Waals surface area contributed by atoms with Crippen molar-refractivity contribution >= 4 is 17.9 Å². The van der Waals surface area contributed by atoms with Gasteiger partial charge in [0.05, 0.1) is 26.9 Å². The number of hydrazine groups is 1. The van der Waals surface area contributed by atoms with E-state index < -0.39 is 11.8 Å². The maximum Gasteiger partial charge on any atom is 0.273 e. The lowest BCUT2D eigenvalue weighted by molar-refractivity contribution is -0.117. The third-order valence-electron chi connectivity index (χ3n) is 3.49. The lowest BCUT2D eigenvalue weighted by Crippen LogP contribution is -2.40. The molecule has 0 aromatic heterocycles. The van der Waals surface area contributed by atoms with E-state index in [1.165, 1.54) is 20.3 Å². The number of nitrogens with one attached hydrogen (secondary N) is 2. The van der Waals surface area contributed by atoms with Crippen LogP contribution in [0.2, 0.25) is 0 Å². The van der Waals surface area contributed by atoms with Crippen molar-refractivity contribution in [3.05, 3.63) is 59.7 Å². The summed E-state index contributed by atoms with van der Waals surface area (Å²) in [6.45, 7) is 0. The Bertz CT molecular complexity index is 817. The molecule has 2 aromatic carbocycles. The van der Waals surface area contributed by atoms with Crippen molar-refractivity contribution in [2.45, 2.75) is 0 Å². The first kappa shape index (κ1) is 18.9. The molecule has 2 amide bonds. The minimum Gasteiger partial charge on any atom is -0.496 e. The van der Waals surface area contributed by atoms with Gasteiger partial charge in [0.1, 0.15) is 5.75 Å². The number of carbonyl (C=O) groups is 2. The molecule has 0 heterocycles. The number of hydrogen-bond acceptors (Lipinski definition) is 5. The van der Waals surface area contributed by atoms with Gasteiger partial charge in [0, 0.05) is 6.08 Å². The molecule has 7 nitrogen and oxygen atoms in total. The van der Waals surface area contributed by atoms with Crippen LogP contribution in [0.15, 0.2) is 48.5 Å². The number of ether oxygens (including phenoxy) is 3. The topological polar surface area (TPSA) is 85.9 Å². The smallest absolute Gasteiger partial charge is 0.273 e. The second kappa shape index (κ2) is 9.12. The maximum atomic E-state index is 12.1. The predicted octanol–water partition coefficient (Wildman–Crippen LogP) is 2.19. The van der Waals surface area contributed by atoms with Crippen LogP contribution < -0.4 is 25.1 Å². The highest BCUT2D eigenvalue weighted by Crippen LogP contribution is 2.27. The lowest BCUT2D eigenvalue weighted by Gasteiger charge is -2.09. The molecule has 0 spiro atoms. The van der Waals surface area contributed by atoms with E-state index in [1.807, 2.05) is 0 Å². The Morgan fingerprint density at radius 3 is 2.23 bits per heavy atom. The van der Waals surface area contributed by atoms with Crippen LogP contribution in [0.3, 0.4) is 0 Å². The summed E-state index contributed by atoms with van der Waals surface area (Å²) in [5, 5.41) is 0. The number of carbonyl (C=O) groups excluding carboxylic acids is 2. The molecule has 0 bridgehead atoms. The zero-order valence-corrected chi connectivity index (χ0v) is 14.7. The SMILES string of the molecule is COc1ccc(/C=C/C(=O)NNC(=O)c2ccccc2OC)cc1OC. The van der Waals surface area contributed by atoms with Gasteiger partial charge in [0.2, 0.25) is 0 Å². The predicted molar refractivity (Wildman–Crippen MR) is 97.2 cm³/mol. The Morgan fingerprint density at radius 1 is 0.846 bits per heavy atom. The molecule has 0 atom stereocenters. The fraction of sp³-hybridized carbons (Fsp3) is 0.158. The highest BCUT2D eigenvalue weighted by Gasteiger charge is 2.11. The van der Waals surface area contributed by atoms with Gasteiger partial charge in [-0.3, -0.25) is 20.4 Å². The van der Waals surface area contributed by atoms with Crippen LogP contribution in [0.5, 0.6) is 17.2 Å². The highest BCUT2D eigenvalue weighted by molar-refractivity contribution is 5.99. The Hall–Kier alpha value is -3.48. The number of amides is 2. The number of methoxy groups -OCH3 is 3. The maximum absolute atomic E-state index is 12.1. The van der Waals surface area contributed by atoms with Gasteiger partial charge in [0.15, 0.2) is 11.5 Å². The van der Waals surface area contributed by atoms with E-state index in [-0.39, 0.29) is 0 Å². The normalized spacial score (nSPS) is 10.3. The molecule has 0 radical (unpaired) electrons. The van der Waals surface area contributed by atoms with Gasteiger partial charge in [-0.1, -0.05) is 18.2 Å². The minimum atomic E-state index is -0.483. The third kappa shape index (κ3) is 4.76. The first-order chi connectivity index (χ1) is 12.6. The minimum absolute atomic E-state index is 0.319. The molecule has 0 aliphatic rings. The molecular formula is C19H20N2O5. The van der Waals surface area contributed by atoms with Crippen LogP contribution in [-0.2, 0) is 4.79 Å². The van der Waals surface area contributed by atoms with Gasteiger partial charge in [-0.05, 0) is 35.9 Å². The summed E-state index contributed by atoms with van der Waals surface area (Å²) in [4.78, 5) is 24.0.